The second-order valence-electron chi connectivity index (χ2n) is 7.16. The van der Waals surface area contributed by atoms with E-state index in [2.05, 4.69) is 10.1 Å². The van der Waals surface area contributed by atoms with E-state index in [0.29, 0.717) is 0 Å². The first kappa shape index (κ1) is 17.5. The summed E-state index contributed by atoms with van der Waals surface area (Å²) in [5, 5.41) is 4.39. The molecule has 0 aliphatic carbocycles. The molecule has 0 atom stereocenters. The van der Waals surface area contributed by atoms with Gasteiger partial charge in [0.15, 0.2) is 11.5 Å². The molecule has 0 bridgehead atoms. The average Bonchev–Trinajstić information content (AvgIpc) is 3.21. The van der Waals surface area contributed by atoms with Crippen molar-refractivity contribution in [3.05, 3.63) is 53.2 Å². The lowest BCUT2D eigenvalue weighted by molar-refractivity contribution is -0.127. The van der Waals surface area contributed by atoms with Crippen LogP contribution in [0.5, 0.6) is 0 Å². The highest BCUT2D eigenvalue weighted by molar-refractivity contribution is 5.92. The number of carbonyl (C=O) groups is 1. The van der Waals surface area contributed by atoms with Gasteiger partial charge in [-0.1, -0.05) is 12.1 Å². The SMILES string of the molecule is Cc1nn(C)c(C)c1C=CC(=O)N1CCC(c2nc3ccccc3o2)CC1. The molecule has 4 rings (SSSR count). The van der Waals surface area contributed by atoms with E-state index in [0.717, 1.165) is 59.9 Å². The van der Waals surface area contributed by atoms with Gasteiger partial charge in [0.2, 0.25) is 5.91 Å². The van der Waals surface area contributed by atoms with Crippen molar-refractivity contribution in [3.63, 3.8) is 0 Å². The minimum atomic E-state index is 0.0497. The number of carbonyl (C=O) groups excluding carboxylic acids is 1. The number of hydrogen-bond acceptors (Lipinski definition) is 4. The lowest BCUT2D eigenvalue weighted by Gasteiger charge is -2.29. The zero-order chi connectivity index (χ0) is 19.0. The average molecular weight is 364 g/mol. The number of rotatable bonds is 3. The number of hydrogen-bond donors (Lipinski definition) is 0. The Morgan fingerprint density at radius 1 is 1.22 bits per heavy atom. The Bertz CT molecular complexity index is 974. The maximum Gasteiger partial charge on any atom is 0.246 e. The normalized spacial score (nSPS) is 15.9. The van der Waals surface area contributed by atoms with Gasteiger partial charge < -0.3 is 9.32 Å². The van der Waals surface area contributed by atoms with Crippen LogP contribution in [0.1, 0.15) is 41.6 Å². The molecule has 6 nitrogen and oxygen atoms in total. The topological polar surface area (TPSA) is 64.2 Å². The predicted octanol–water partition coefficient (Wildman–Crippen LogP) is 3.60. The molecule has 1 amide bonds. The number of benzene rings is 1. The number of amides is 1. The summed E-state index contributed by atoms with van der Waals surface area (Å²) < 4.78 is 7.74. The highest BCUT2D eigenvalue weighted by atomic mass is 16.3. The van der Waals surface area contributed by atoms with E-state index in [1.807, 2.05) is 60.8 Å². The summed E-state index contributed by atoms with van der Waals surface area (Å²) in [6, 6.07) is 7.83. The Hall–Kier alpha value is -2.89. The Morgan fingerprint density at radius 3 is 2.63 bits per heavy atom. The molecular formula is C21H24N4O2. The van der Waals surface area contributed by atoms with Crippen molar-refractivity contribution >= 4 is 23.1 Å². The number of oxazole rings is 1. The number of aryl methyl sites for hydroxylation is 2. The third-order valence-corrected chi connectivity index (χ3v) is 5.42. The van der Waals surface area contributed by atoms with Crippen LogP contribution < -0.4 is 0 Å². The van der Waals surface area contributed by atoms with Crippen molar-refractivity contribution in [2.24, 2.45) is 7.05 Å². The number of para-hydroxylation sites is 2. The van der Waals surface area contributed by atoms with Crippen LogP contribution in [0.4, 0.5) is 0 Å². The van der Waals surface area contributed by atoms with Gasteiger partial charge in [-0.2, -0.15) is 5.10 Å². The fourth-order valence-electron chi connectivity index (χ4n) is 3.70. The summed E-state index contributed by atoms with van der Waals surface area (Å²) in [7, 11) is 1.92. The van der Waals surface area contributed by atoms with Crippen LogP contribution >= 0.6 is 0 Å². The third kappa shape index (κ3) is 3.39. The van der Waals surface area contributed by atoms with Crippen LogP contribution in [0, 0.1) is 13.8 Å². The van der Waals surface area contributed by atoms with E-state index in [9.17, 15) is 4.79 Å². The Morgan fingerprint density at radius 2 is 1.96 bits per heavy atom. The third-order valence-electron chi connectivity index (χ3n) is 5.42. The fourth-order valence-corrected chi connectivity index (χ4v) is 3.70. The van der Waals surface area contributed by atoms with Gasteiger partial charge >= 0.3 is 0 Å². The summed E-state index contributed by atoms with van der Waals surface area (Å²) in [5.41, 5.74) is 4.75. The fraction of sp³-hybridized carbons (Fsp3) is 0.381. The molecular weight excluding hydrogens is 340 g/mol. The molecule has 0 unspecified atom stereocenters. The summed E-state index contributed by atoms with van der Waals surface area (Å²) in [6.07, 6.45) is 5.29. The van der Waals surface area contributed by atoms with E-state index in [4.69, 9.17) is 4.42 Å². The van der Waals surface area contributed by atoms with Crippen LogP contribution in [0.25, 0.3) is 17.2 Å². The Kier molecular flexibility index (Phi) is 4.56. The number of likely N-dealkylation sites (tertiary alicyclic amines) is 1. The van der Waals surface area contributed by atoms with Crippen LogP contribution in [-0.2, 0) is 11.8 Å². The molecule has 1 saturated heterocycles. The molecule has 1 aromatic carbocycles. The summed E-state index contributed by atoms with van der Waals surface area (Å²) in [4.78, 5) is 19.1. The van der Waals surface area contributed by atoms with Crippen LogP contribution in [-0.4, -0.2) is 38.7 Å². The molecule has 1 aliphatic rings. The molecule has 3 aromatic rings. The van der Waals surface area contributed by atoms with E-state index < -0.39 is 0 Å². The predicted molar refractivity (Wildman–Crippen MR) is 104 cm³/mol. The molecule has 0 radical (unpaired) electrons. The lowest BCUT2D eigenvalue weighted by Crippen LogP contribution is -2.36. The van der Waals surface area contributed by atoms with Gasteiger partial charge in [0.25, 0.3) is 0 Å². The molecule has 3 heterocycles. The van der Waals surface area contributed by atoms with E-state index in [-0.39, 0.29) is 11.8 Å². The standard InChI is InChI=1S/C21H24N4O2/c1-14-17(15(2)24(3)23-14)8-9-20(26)25-12-10-16(11-13-25)21-22-18-6-4-5-7-19(18)27-21/h4-9,16H,10-13H2,1-3H3. The van der Waals surface area contributed by atoms with Crippen molar-refractivity contribution in [2.75, 3.05) is 13.1 Å². The van der Waals surface area contributed by atoms with Crippen molar-refractivity contribution < 1.29 is 9.21 Å². The van der Waals surface area contributed by atoms with E-state index >= 15 is 0 Å². The van der Waals surface area contributed by atoms with Gasteiger partial charge in [-0.05, 0) is 44.9 Å². The van der Waals surface area contributed by atoms with E-state index in [1.165, 1.54) is 0 Å². The summed E-state index contributed by atoms with van der Waals surface area (Å²) in [5.74, 6) is 1.11. The molecule has 27 heavy (non-hydrogen) atoms. The van der Waals surface area contributed by atoms with Gasteiger partial charge in [-0.15, -0.1) is 0 Å². The maximum atomic E-state index is 12.6. The Labute approximate surface area is 158 Å². The zero-order valence-corrected chi connectivity index (χ0v) is 16.0. The second kappa shape index (κ2) is 7.02. The monoisotopic (exact) mass is 364 g/mol. The summed E-state index contributed by atoms with van der Waals surface area (Å²) in [6.45, 7) is 5.41. The van der Waals surface area contributed by atoms with Crippen LogP contribution in [0.15, 0.2) is 34.8 Å². The van der Waals surface area contributed by atoms with Gasteiger partial charge in [0, 0.05) is 43.4 Å². The lowest BCUT2D eigenvalue weighted by atomic mass is 9.96. The molecule has 2 aromatic heterocycles. The maximum absolute atomic E-state index is 12.6. The van der Waals surface area contributed by atoms with Gasteiger partial charge in [0.1, 0.15) is 5.52 Å². The van der Waals surface area contributed by atoms with Crippen molar-refractivity contribution in [1.82, 2.24) is 19.7 Å². The molecule has 1 fully saturated rings. The number of nitrogens with zero attached hydrogens (tertiary/aromatic N) is 4. The van der Waals surface area contributed by atoms with Crippen LogP contribution in [0.2, 0.25) is 0 Å². The van der Waals surface area contributed by atoms with Crippen molar-refractivity contribution in [1.29, 1.82) is 0 Å². The first-order chi connectivity index (χ1) is 13.0. The molecule has 0 N–H and O–H groups in total. The molecule has 0 spiro atoms. The van der Waals surface area contributed by atoms with Gasteiger partial charge in [-0.25, -0.2) is 4.98 Å². The van der Waals surface area contributed by atoms with Gasteiger partial charge in [0.05, 0.1) is 5.69 Å². The number of fused-ring (bicyclic) bond motifs is 1. The first-order valence-electron chi connectivity index (χ1n) is 9.35. The first-order valence-corrected chi connectivity index (χ1v) is 9.35. The van der Waals surface area contributed by atoms with Crippen LogP contribution in [0.3, 0.4) is 0 Å². The van der Waals surface area contributed by atoms with Crippen molar-refractivity contribution in [3.8, 4) is 0 Å². The molecule has 6 heteroatoms. The molecule has 140 valence electrons. The molecule has 1 aliphatic heterocycles. The highest BCUT2D eigenvalue weighted by Gasteiger charge is 2.26. The zero-order valence-electron chi connectivity index (χ0n) is 16.0. The largest absolute Gasteiger partial charge is 0.440 e. The minimum absolute atomic E-state index is 0.0497. The minimum Gasteiger partial charge on any atom is -0.440 e. The van der Waals surface area contributed by atoms with Crippen molar-refractivity contribution in [2.45, 2.75) is 32.6 Å². The Balaban J connectivity index is 1.39. The number of aromatic nitrogens is 3. The molecule has 0 saturated carbocycles. The summed E-state index contributed by atoms with van der Waals surface area (Å²) >= 11 is 0. The second-order valence-corrected chi connectivity index (χ2v) is 7.16. The van der Waals surface area contributed by atoms with Gasteiger partial charge in [-0.3, -0.25) is 9.48 Å². The van der Waals surface area contributed by atoms with E-state index in [1.54, 1.807) is 6.08 Å². The quantitative estimate of drug-likeness (QED) is 0.666. The smallest absolute Gasteiger partial charge is 0.246 e. The highest BCUT2D eigenvalue weighted by Crippen LogP contribution is 2.30. The number of piperidine rings is 1.